The first-order valence-corrected chi connectivity index (χ1v) is 11.4. The van der Waals surface area contributed by atoms with Gasteiger partial charge in [0.25, 0.3) is 21.6 Å². The van der Waals surface area contributed by atoms with Gasteiger partial charge >= 0.3 is 6.01 Å². The Labute approximate surface area is 198 Å². The zero-order valence-electron chi connectivity index (χ0n) is 18.0. The van der Waals surface area contributed by atoms with Gasteiger partial charge in [-0.15, -0.1) is 5.10 Å². The van der Waals surface area contributed by atoms with Gasteiger partial charge in [0.15, 0.2) is 4.90 Å². The number of anilines is 2. The Morgan fingerprint density at radius 3 is 2.49 bits per heavy atom. The van der Waals surface area contributed by atoms with E-state index in [4.69, 9.17) is 9.15 Å². The molecule has 13 heteroatoms. The molecular weight excluding hydrogens is 478 g/mol. The summed E-state index contributed by atoms with van der Waals surface area (Å²) in [5, 5.41) is 21.3. The summed E-state index contributed by atoms with van der Waals surface area (Å²) in [5.41, 5.74) is 0.153. The molecule has 1 amide bonds. The van der Waals surface area contributed by atoms with Crippen LogP contribution in [0.2, 0.25) is 0 Å². The van der Waals surface area contributed by atoms with Crippen molar-refractivity contribution >= 4 is 33.3 Å². The second-order valence-electron chi connectivity index (χ2n) is 7.01. The van der Waals surface area contributed by atoms with E-state index < -0.39 is 31.4 Å². The van der Waals surface area contributed by atoms with E-state index in [2.05, 4.69) is 20.2 Å². The fourth-order valence-electron chi connectivity index (χ4n) is 3.06. The van der Waals surface area contributed by atoms with E-state index in [1.165, 1.54) is 36.4 Å². The average Bonchev–Trinajstić information content (AvgIpc) is 3.32. The number of para-hydroxylation sites is 1. The highest BCUT2D eigenvalue weighted by atomic mass is 32.2. The molecule has 0 unspecified atom stereocenters. The molecule has 12 nitrogen and oxygen atoms in total. The summed E-state index contributed by atoms with van der Waals surface area (Å²) in [5.74, 6) is 0.190. The number of nitro groups is 1. The minimum absolute atomic E-state index is 0.0280. The number of nitrogens with one attached hydrogen (secondary N) is 2. The second-order valence-corrected chi connectivity index (χ2v) is 8.66. The fourth-order valence-corrected chi connectivity index (χ4v) is 4.29. The first kappa shape index (κ1) is 23.4. The van der Waals surface area contributed by atoms with Crippen molar-refractivity contribution in [3.05, 3.63) is 88.5 Å². The highest BCUT2D eigenvalue weighted by Crippen LogP contribution is 2.26. The van der Waals surface area contributed by atoms with Crippen molar-refractivity contribution in [1.82, 2.24) is 10.2 Å². The van der Waals surface area contributed by atoms with Gasteiger partial charge in [-0.1, -0.05) is 23.3 Å². The number of hydrogen-bond acceptors (Lipinski definition) is 9. The molecule has 0 fully saturated rings. The van der Waals surface area contributed by atoms with E-state index >= 15 is 0 Å². The van der Waals surface area contributed by atoms with Crippen molar-refractivity contribution in [1.29, 1.82) is 0 Å². The second kappa shape index (κ2) is 9.61. The smallest absolute Gasteiger partial charge is 0.322 e. The number of aromatic nitrogens is 2. The van der Waals surface area contributed by atoms with Crippen molar-refractivity contribution in [2.24, 2.45) is 0 Å². The number of nitro benzene ring substituents is 1. The first-order chi connectivity index (χ1) is 16.8. The highest BCUT2D eigenvalue weighted by molar-refractivity contribution is 7.92. The number of carbonyl (C=O) groups excluding carboxylic acids is 1. The van der Waals surface area contributed by atoms with Crippen LogP contribution in [0.15, 0.2) is 82.1 Å². The van der Waals surface area contributed by atoms with E-state index in [0.29, 0.717) is 11.3 Å². The Bertz CT molecular complexity index is 1500. The number of amides is 1. The minimum Gasteiger partial charge on any atom is -0.497 e. The molecule has 3 aromatic carbocycles. The molecule has 0 aliphatic rings. The number of ether oxygens (including phenoxy) is 1. The highest BCUT2D eigenvalue weighted by Gasteiger charge is 2.25. The molecule has 4 rings (SSSR count). The molecule has 1 aromatic heterocycles. The lowest BCUT2D eigenvalue weighted by atomic mass is 10.2. The average molecular weight is 495 g/mol. The zero-order chi connectivity index (χ0) is 25.0. The third-order valence-corrected chi connectivity index (χ3v) is 6.14. The number of rotatable bonds is 8. The van der Waals surface area contributed by atoms with Crippen molar-refractivity contribution in [2.45, 2.75) is 4.90 Å². The summed E-state index contributed by atoms with van der Waals surface area (Å²) in [7, 11) is -2.75. The first-order valence-electron chi connectivity index (χ1n) is 9.92. The number of methoxy groups -OCH3 is 1. The number of sulfonamides is 1. The summed E-state index contributed by atoms with van der Waals surface area (Å²) < 4.78 is 38.3. The Balaban J connectivity index is 1.50. The van der Waals surface area contributed by atoms with Gasteiger partial charge in [-0.05, 0) is 48.5 Å². The van der Waals surface area contributed by atoms with Crippen LogP contribution < -0.4 is 14.8 Å². The molecule has 35 heavy (non-hydrogen) atoms. The zero-order valence-corrected chi connectivity index (χ0v) is 18.9. The minimum atomic E-state index is -4.30. The molecule has 2 N–H and O–H groups in total. The van der Waals surface area contributed by atoms with Gasteiger partial charge in [0, 0.05) is 22.9 Å². The lowest BCUT2D eigenvalue weighted by Crippen LogP contribution is -2.16. The SMILES string of the molecule is COc1ccc(-c2nnc(NC(=O)c3cccc(NS(=O)(=O)c4ccccc4[N+](=O)[O-])c3)o2)cc1. The van der Waals surface area contributed by atoms with Crippen LogP contribution in [-0.2, 0) is 10.0 Å². The van der Waals surface area contributed by atoms with Crippen LogP contribution in [0.5, 0.6) is 5.75 Å². The third kappa shape index (κ3) is 5.25. The summed E-state index contributed by atoms with van der Waals surface area (Å²) in [6, 6.07) is 17.2. The van der Waals surface area contributed by atoms with Crippen LogP contribution in [0, 0.1) is 10.1 Å². The summed E-state index contributed by atoms with van der Waals surface area (Å²) in [6.07, 6.45) is 0. The lowest BCUT2D eigenvalue weighted by molar-refractivity contribution is -0.387. The van der Waals surface area contributed by atoms with E-state index in [9.17, 15) is 23.3 Å². The molecule has 4 aromatic rings. The Morgan fingerprint density at radius 2 is 1.77 bits per heavy atom. The van der Waals surface area contributed by atoms with Gasteiger partial charge in [0.2, 0.25) is 5.89 Å². The van der Waals surface area contributed by atoms with Gasteiger partial charge < -0.3 is 9.15 Å². The van der Waals surface area contributed by atoms with Crippen LogP contribution in [-0.4, -0.2) is 36.6 Å². The molecule has 0 saturated heterocycles. The number of hydrogen-bond donors (Lipinski definition) is 2. The maximum atomic E-state index is 12.7. The van der Waals surface area contributed by atoms with Crippen LogP contribution in [0.4, 0.5) is 17.4 Å². The Kier molecular flexibility index (Phi) is 6.42. The third-order valence-electron chi connectivity index (χ3n) is 4.71. The van der Waals surface area contributed by atoms with Crippen LogP contribution in [0.1, 0.15) is 10.4 Å². The van der Waals surface area contributed by atoms with Gasteiger partial charge in [0.05, 0.1) is 12.0 Å². The summed E-state index contributed by atoms with van der Waals surface area (Å²) in [4.78, 5) is 22.6. The van der Waals surface area contributed by atoms with Gasteiger partial charge in [0.1, 0.15) is 5.75 Å². The quantitative estimate of drug-likeness (QED) is 0.273. The van der Waals surface area contributed by atoms with E-state index in [0.717, 1.165) is 12.1 Å². The largest absolute Gasteiger partial charge is 0.497 e. The molecule has 0 bridgehead atoms. The van der Waals surface area contributed by atoms with Gasteiger partial charge in [-0.2, -0.15) is 0 Å². The summed E-state index contributed by atoms with van der Waals surface area (Å²) in [6.45, 7) is 0. The monoisotopic (exact) mass is 495 g/mol. The predicted molar refractivity (Wildman–Crippen MR) is 125 cm³/mol. The van der Waals surface area contributed by atoms with Crippen LogP contribution in [0.3, 0.4) is 0 Å². The molecule has 0 saturated carbocycles. The Morgan fingerprint density at radius 1 is 1.03 bits per heavy atom. The molecular formula is C22H17N5O7S. The molecule has 178 valence electrons. The van der Waals surface area contributed by atoms with Crippen molar-refractivity contribution in [2.75, 3.05) is 17.1 Å². The molecule has 1 heterocycles. The van der Waals surface area contributed by atoms with Crippen molar-refractivity contribution in [3.8, 4) is 17.2 Å². The fraction of sp³-hybridized carbons (Fsp3) is 0.0455. The normalized spacial score (nSPS) is 11.0. The van der Waals surface area contributed by atoms with Gasteiger partial charge in [-0.3, -0.25) is 24.9 Å². The van der Waals surface area contributed by atoms with Crippen molar-refractivity contribution in [3.63, 3.8) is 0 Å². The van der Waals surface area contributed by atoms with Crippen LogP contribution >= 0.6 is 0 Å². The van der Waals surface area contributed by atoms with Crippen LogP contribution in [0.25, 0.3) is 11.5 Å². The summed E-state index contributed by atoms with van der Waals surface area (Å²) >= 11 is 0. The topological polar surface area (TPSA) is 167 Å². The molecule has 0 radical (unpaired) electrons. The Hall–Kier alpha value is -4.78. The predicted octanol–water partition coefficient (Wildman–Crippen LogP) is 3.71. The molecule has 0 spiro atoms. The maximum absolute atomic E-state index is 12.7. The standard InChI is InChI=1S/C22H17N5O7S/c1-33-17-11-9-14(10-12-17)21-24-25-22(34-21)23-20(28)15-5-4-6-16(13-15)26-35(31,32)19-8-3-2-7-18(19)27(29)30/h2-13,26H,1H3,(H,23,25,28). The van der Waals surface area contributed by atoms with Crippen molar-refractivity contribution < 1.29 is 27.3 Å². The van der Waals surface area contributed by atoms with E-state index in [1.807, 2.05) is 0 Å². The molecule has 0 aliphatic heterocycles. The molecule has 0 aliphatic carbocycles. The molecule has 0 atom stereocenters. The van der Waals surface area contributed by atoms with Gasteiger partial charge in [-0.25, -0.2) is 8.42 Å². The maximum Gasteiger partial charge on any atom is 0.322 e. The number of benzene rings is 3. The number of nitrogens with zero attached hydrogens (tertiary/aromatic N) is 3. The number of carbonyl (C=O) groups is 1. The van der Waals surface area contributed by atoms with E-state index in [-0.39, 0.29) is 23.2 Å². The van der Waals surface area contributed by atoms with E-state index in [1.54, 1.807) is 31.4 Å². The lowest BCUT2D eigenvalue weighted by Gasteiger charge is -2.09.